The molecule has 0 fully saturated rings. The van der Waals surface area contributed by atoms with E-state index in [1.54, 1.807) is 0 Å². The highest BCUT2D eigenvalue weighted by Crippen LogP contribution is 2.19. The van der Waals surface area contributed by atoms with Gasteiger partial charge in [0.15, 0.2) is 0 Å². The van der Waals surface area contributed by atoms with Crippen molar-refractivity contribution in [2.75, 3.05) is 6.61 Å². The molecule has 0 saturated heterocycles. The monoisotopic (exact) mass is 1020 g/mol. The number of rotatable bonds is 62. The van der Waals surface area contributed by atoms with Gasteiger partial charge in [-0.25, -0.2) is 0 Å². The summed E-state index contributed by atoms with van der Waals surface area (Å²) in [5.41, 5.74) is 0. The highest BCUT2D eigenvalue weighted by molar-refractivity contribution is 5.80. The van der Waals surface area contributed by atoms with Crippen LogP contribution in [0, 0.1) is 0 Å². The van der Waals surface area contributed by atoms with Crippen molar-refractivity contribution in [3.05, 3.63) is 12.2 Å². The summed E-state index contributed by atoms with van der Waals surface area (Å²) in [6, 6.07) is -0.984. The van der Waals surface area contributed by atoms with Crippen molar-refractivity contribution >= 4 is 5.91 Å². The van der Waals surface area contributed by atoms with E-state index in [0.29, 0.717) is 12.8 Å². The maximum absolute atomic E-state index is 12.6. The molecule has 0 aliphatic carbocycles. The van der Waals surface area contributed by atoms with Crippen LogP contribution in [0.25, 0.3) is 0 Å². The molecular formula is C66H131NO5. The number of hydrogen-bond acceptors (Lipinski definition) is 5. The van der Waals surface area contributed by atoms with E-state index < -0.39 is 36.9 Å². The topological polar surface area (TPSA) is 110 Å². The van der Waals surface area contributed by atoms with E-state index in [0.717, 1.165) is 38.5 Å². The Morgan fingerprint density at radius 3 is 0.806 bits per heavy atom. The lowest BCUT2D eigenvalue weighted by atomic mass is 9.99. The molecule has 4 atom stereocenters. The van der Waals surface area contributed by atoms with Crippen LogP contribution in [0.2, 0.25) is 0 Å². The zero-order chi connectivity index (χ0) is 52.3. The minimum absolute atomic E-state index is 0.373. The van der Waals surface area contributed by atoms with E-state index >= 15 is 0 Å². The molecule has 0 heterocycles. The Morgan fingerprint density at radius 2 is 0.556 bits per heavy atom. The first-order valence-corrected chi connectivity index (χ1v) is 33.1. The Kier molecular flexibility index (Phi) is 60.1. The number of amides is 1. The quantitative estimate of drug-likeness (QED) is 0.0308. The molecule has 0 aromatic rings. The zero-order valence-corrected chi connectivity index (χ0v) is 49.0. The third kappa shape index (κ3) is 53.9. The Balaban J connectivity index is 3.55. The second-order valence-corrected chi connectivity index (χ2v) is 23.2. The predicted octanol–water partition coefficient (Wildman–Crippen LogP) is 20.0. The smallest absolute Gasteiger partial charge is 0.249 e. The number of carbonyl (C=O) groups excluding carboxylic acids is 1. The van der Waals surface area contributed by atoms with Crippen LogP contribution in [-0.4, -0.2) is 57.3 Å². The van der Waals surface area contributed by atoms with Gasteiger partial charge in [-0.1, -0.05) is 347 Å². The Morgan fingerprint density at radius 1 is 0.333 bits per heavy atom. The SMILES string of the molecule is CCCCCCCCCCCCCC/C=C\CCCCCCCCCCCCCCCC(O)C(=O)NC(CO)C(O)C(O)CCCCCCCCCCCCCCCCCCCCCCCCCCCCC. The van der Waals surface area contributed by atoms with Gasteiger partial charge in [0.2, 0.25) is 5.91 Å². The molecule has 0 aliphatic heterocycles. The molecule has 1 amide bonds. The molecule has 5 N–H and O–H groups in total. The number of unbranched alkanes of at least 4 members (excludes halogenated alkanes) is 51. The molecule has 0 radical (unpaired) electrons. The van der Waals surface area contributed by atoms with Crippen LogP contribution in [0.1, 0.15) is 373 Å². The number of carbonyl (C=O) groups is 1. The maximum atomic E-state index is 12.6. The molecule has 0 spiro atoms. The molecule has 0 aromatic heterocycles. The Labute approximate surface area is 451 Å². The normalized spacial score (nSPS) is 13.6. The summed E-state index contributed by atoms with van der Waals surface area (Å²) in [4.78, 5) is 12.6. The van der Waals surface area contributed by atoms with Crippen molar-refractivity contribution in [2.45, 2.75) is 398 Å². The molecule has 0 bridgehead atoms. The van der Waals surface area contributed by atoms with Gasteiger partial charge in [0.05, 0.1) is 18.8 Å². The minimum Gasteiger partial charge on any atom is -0.394 e. The van der Waals surface area contributed by atoms with Crippen molar-refractivity contribution < 1.29 is 25.2 Å². The number of allylic oxidation sites excluding steroid dienone is 2. The van der Waals surface area contributed by atoms with Crippen LogP contribution in [-0.2, 0) is 4.79 Å². The van der Waals surface area contributed by atoms with Gasteiger partial charge in [-0.15, -0.1) is 0 Å². The van der Waals surface area contributed by atoms with Gasteiger partial charge in [0.25, 0.3) is 0 Å². The third-order valence-corrected chi connectivity index (χ3v) is 16.0. The maximum Gasteiger partial charge on any atom is 0.249 e. The zero-order valence-electron chi connectivity index (χ0n) is 49.0. The Hall–Kier alpha value is -0.950. The average Bonchev–Trinajstić information content (AvgIpc) is 3.39. The number of nitrogens with one attached hydrogen (secondary N) is 1. The van der Waals surface area contributed by atoms with E-state index in [2.05, 4.69) is 31.3 Å². The van der Waals surface area contributed by atoms with Gasteiger partial charge in [-0.3, -0.25) is 4.79 Å². The van der Waals surface area contributed by atoms with Crippen molar-refractivity contribution in [3.8, 4) is 0 Å². The van der Waals surface area contributed by atoms with Gasteiger partial charge in [0.1, 0.15) is 12.2 Å². The molecular weight excluding hydrogens is 887 g/mol. The number of aliphatic hydroxyl groups excluding tert-OH is 4. The average molecular weight is 1020 g/mol. The van der Waals surface area contributed by atoms with Gasteiger partial charge in [-0.2, -0.15) is 0 Å². The molecule has 72 heavy (non-hydrogen) atoms. The van der Waals surface area contributed by atoms with E-state index in [-0.39, 0.29) is 0 Å². The first-order valence-electron chi connectivity index (χ1n) is 33.1. The van der Waals surface area contributed by atoms with Crippen molar-refractivity contribution in [1.82, 2.24) is 5.32 Å². The minimum atomic E-state index is -1.26. The summed E-state index contributed by atoms with van der Waals surface area (Å²) in [7, 11) is 0. The van der Waals surface area contributed by atoms with Gasteiger partial charge < -0.3 is 25.7 Å². The van der Waals surface area contributed by atoms with Crippen LogP contribution in [0.3, 0.4) is 0 Å². The first-order chi connectivity index (χ1) is 35.5. The van der Waals surface area contributed by atoms with E-state index in [1.807, 2.05) is 0 Å². The molecule has 430 valence electrons. The summed E-state index contributed by atoms with van der Waals surface area (Å²) in [5.74, 6) is -0.576. The summed E-state index contributed by atoms with van der Waals surface area (Å²) in [6.45, 7) is 4.11. The highest BCUT2D eigenvalue weighted by atomic mass is 16.3. The van der Waals surface area contributed by atoms with Crippen LogP contribution >= 0.6 is 0 Å². The Bertz CT molecular complexity index is 1050. The highest BCUT2D eigenvalue weighted by Gasteiger charge is 2.28. The first kappa shape index (κ1) is 71.0. The molecule has 0 aliphatic rings. The molecule has 4 unspecified atom stereocenters. The largest absolute Gasteiger partial charge is 0.394 e. The third-order valence-electron chi connectivity index (χ3n) is 16.0. The fourth-order valence-electron chi connectivity index (χ4n) is 10.8. The summed E-state index contributed by atoms with van der Waals surface area (Å²) in [5, 5.41) is 44.2. The summed E-state index contributed by atoms with van der Waals surface area (Å²) < 4.78 is 0. The van der Waals surface area contributed by atoms with Gasteiger partial charge in [-0.05, 0) is 38.5 Å². The van der Waals surface area contributed by atoms with Crippen LogP contribution in [0.15, 0.2) is 12.2 Å². The van der Waals surface area contributed by atoms with E-state index in [1.165, 1.54) is 308 Å². The predicted molar refractivity (Wildman–Crippen MR) is 316 cm³/mol. The van der Waals surface area contributed by atoms with Crippen LogP contribution in [0.5, 0.6) is 0 Å². The molecule has 6 nitrogen and oxygen atoms in total. The van der Waals surface area contributed by atoms with Crippen LogP contribution < -0.4 is 5.32 Å². The number of aliphatic hydroxyl groups is 4. The fraction of sp³-hybridized carbons (Fsp3) is 0.955. The van der Waals surface area contributed by atoms with E-state index in [4.69, 9.17) is 0 Å². The van der Waals surface area contributed by atoms with Gasteiger partial charge in [0, 0.05) is 0 Å². The van der Waals surface area contributed by atoms with Crippen molar-refractivity contribution in [2.24, 2.45) is 0 Å². The summed E-state index contributed by atoms with van der Waals surface area (Å²) >= 11 is 0. The second-order valence-electron chi connectivity index (χ2n) is 23.2. The van der Waals surface area contributed by atoms with Crippen molar-refractivity contribution in [1.29, 1.82) is 0 Å². The lowest BCUT2D eigenvalue weighted by Crippen LogP contribution is -2.53. The van der Waals surface area contributed by atoms with Crippen LogP contribution in [0.4, 0.5) is 0 Å². The fourth-order valence-corrected chi connectivity index (χ4v) is 10.8. The van der Waals surface area contributed by atoms with E-state index in [9.17, 15) is 25.2 Å². The van der Waals surface area contributed by atoms with Gasteiger partial charge >= 0.3 is 0 Å². The molecule has 6 heteroatoms. The lowest BCUT2D eigenvalue weighted by molar-refractivity contribution is -0.132. The number of hydrogen-bond donors (Lipinski definition) is 5. The summed E-state index contributed by atoms with van der Waals surface area (Å²) in [6.07, 6.45) is 74.6. The lowest BCUT2D eigenvalue weighted by Gasteiger charge is -2.27. The molecule has 0 rings (SSSR count). The van der Waals surface area contributed by atoms with Crippen molar-refractivity contribution in [3.63, 3.8) is 0 Å². The second kappa shape index (κ2) is 60.9. The molecule has 0 aromatic carbocycles. The standard InChI is InChI=1S/C66H131NO5/c1-3-5-7-9-11-13-15-17-19-21-23-25-27-29-31-32-34-36-38-40-42-44-46-48-50-52-54-56-58-60-64(70)66(72)67-62(61-68)65(71)63(69)59-57-55-53-51-49-47-45-43-41-39-37-35-33-30-28-26-24-22-20-18-16-14-12-10-8-6-4-2/h29,31,62-65,68-71H,3-28,30,32-61H2,1-2H3,(H,67,72)/b31-29-. The molecule has 0 saturated carbocycles.